The Balaban J connectivity index is 0.00000306. The van der Waals surface area contributed by atoms with Gasteiger partial charge in [0.25, 0.3) is 0 Å². The van der Waals surface area contributed by atoms with E-state index in [2.05, 4.69) is 29.3 Å². The SMILES string of the molecule is CCNC(=NCC(O)(Cc1ccccc1)c1ccccc1)N1CCOC(C2CCCO2)C1.I. The van der Waals surface area contributed by atoms with Crippen molar-refractivity contribution in [2.75, 3.05) is 39.4 Å². The maximum absolute atomic E-state index is 11.8. The molecule has 2 saturated heterocycles. The molecule has 180 valence electrons. The van der Waals surface area contributed by atoms with Crippen LogP contribution < -0.4 is 5.32 Å². The normalized spacial score (nSPS) is 23.0. The Morgan fingerprint density at radius 3 is 2.42 bits per heavy atom. The summed E-state index contributed by atoms with van der Waals surface area (Å²) in [6.07, 6.45) is 2.88. The number of nitrogens with zero attached hydrogens (tertiary/aromatic N) is 2. The lowest BCUT2D eigenvalue weighted by molar-refractivity contribution is -0.0817. The van der Waals surface area contributed by atoms with Gasteiger partial charge < -0.3 is 24.8 Å². The van der Waals surface area contributed by atoms with E-state index >= 15 is 0 Å². The third-order valence-corrected chi connectivity index (χ3v) is 6.25. The van der Waals surface area contributed by atoms with Gasteiger partial charge in [-0.1, -0.05) is 60.7 Å². The number of hydrogen-bond acceptors (Lipinski definition) is 4. The summed E-state index contributed by atoms with van der Waals surface area (Å²) >= 11 is 0. The monoisotopic (exact) mass is 565 g/mol. The second kappa shape index (κ2) is 12.7. The Hall–Kier alpha value is -1.68. The van der Waals surface area contributed by atoms with Crippen molar-refractivity contribution in [2.45, 2.75) is 44.0 Å². The fourth-order valence-electron chi connectivity index (χ4n) is 4.55. The van der Waals surface area contributed by atoms with Crippen LogP contribution in [-0.4, -0.2) is 67.6 Å². The Labute approximate surface area is 214 Å². The molecule has 7 heteroatoms. The fraction of sp³-hybridized carbons (Fsp3) is 0.500. The molecule has 2 aromatic carbocycles. The van der Waals surface area contributed by atoms with Gasteiger partial charge in [0.2, 0.25) is 0 Å². The number of aliphatic imine (C=N–C) groups is 1. The van der Waals surface area contributed by atoms with Crippen LogP contribution in [0.15, 0.2) is 65.7 Å². The maximum Gasteiger partial charge on any atom is 0.194 e. The van der Waals surface area contributed by atoms with Gasteiger partial charge in [0, 0.05) is 32.7 Å². The molecule has 0 saturated carbocycles. The number of rotatable bonds is 7. The molecular formula is C26H36IN3O3. The van der Waals surface area contributed by atoms with Crippen LogP contribution in [0.3, 0.4) is 0 Å². The van der Waals surface area contributed by atoms with E-state index in [1.165, 1.54) is 0 Å². The highest BCUT2D eigenvalue weighted by atomic mass is 127. The molecule has 6 nitrogen and oxygen atoms in total. The summed E-state index contributed by atoms with van der Waals surface area (Å²) in [5, 5.41) is 15.2. The summed E-state index contributed by atoms with van der Waals surface area (Å²) in [4.78, 5) is 7.17. The van der Waals surface area contributed by atoms with E-state index in [1.807, 2.05) is 48.5 Å². The molecule has 2 aromatic rings. The van der Waals surface area contributed by atoms with E-state index in [-0.39, 0.29) is 42.7 Å². The van der Waals surface area contributed by atoms with Crippen LogP contribution in [0.2, 0.25) is 0 Å². The average Bonchev–Trinajstić information content (AvgIpc) is 3.38. The molecule has 2 fully saturated rings. The highest BCUT2D eigenvalue weighted by Crippen LogP contribution is 2.27. The topological polar surface area (TPSA) is 66.3 Å². The third kappa shape index (κ3) is 6.91. The molecule has 33 heavy (non-hydrogen) atoms. The first kappa shape index (κ1) is 25.9. The third-order valence-electron chi connectivity index (χ3n) is 6.25. The van der Waals surface area contributed by atoms with Crippen LogP contribution >= 0.6 is 24.0 Å². The summed E-state index contributed by atoms with van der Waals surface area (Å²) in [5.41, 5.74) is 0.871. The minimum atomic E-state index is -1.09. The van der Waals surface area contributed by atoms with Crippen LogP contribution in [0, 0.1) is 0 Å². The molecule has 2 aliphatic heterocycles. The Morgan fingerprint density at radius 2 is 1.76 bits per heavy atom. The van der Waals surface area contributed by atoms with Gasteiger partial charge in [0.1, 0.15) is 11.7 Å². The number of halogens is 1. The average molecular weight is 565 g/mol. The fourth-order valence-corrected chi connectivity index (χ4v) is 4.55. The van der Waals surface area contributed by atoms with Crippen molar-refractivity contribution < 1.29 is 14.6 Å². The summed E-state index contributed by atoms with van der Waals surface area (Å²) in [5.74, 6) is 0.821. The predicted octanol–water partition coefficient (Wildman–Crippen LogP) is 3.58. The molecule has 2 heterocycles. The largest absolute Gasteiger partial charge is 0.383 e. The second-order valence-electron chi connectivity index (χ2n) is 8.64. The molecule has 3 atom stereocenters. The first-order valence-corrected chi connectivity index (χ1v) is 11.8. The van der Waals surface area contributed by atoms with E-state index in [0.29, 0.717) is 13.0 Å². The van der Waals surface area contributed by atoms with Gasteiger partial charge >= 0.3 is 0 Å². The van der Waals surface area contributed by atoms with Gasteiger partial charge in [-0.05, 0) is 30.9 Å². The lowest BCUT2D eigenvalue weighted by Gasteiger charge is -2.37. The van der Waals surface area contributed by atoms with E-state index < -0.39 is 5.60 Å². The first-order valence-electron chi connectivity index (χ1n) is 11.8. The highest BCUT2D eigenvalue weighted by Gasteiger charge is 2.33. The maximum atomic E-state index is 11.8. The van der Waals surface area contributed by atoms with Crippen LogP contribution in [0.4, 0.5) is 0 Å². The van der Waals surface area contributed by atoms with Gasteiger partial charge in [0.15, 0.2) is 5.96 Å². The predicted molar refractivity (Wildman–Crippen MR) is 142 cm³/mol. The van der Waals surface area contributed by atoms with Crippen molar-refractivity contribution in [3.63, 3.8) is 0 Å². The number of ether oxygens (including phenoxy) is 2. The zero-order valence-electron chi connectivity index (χ0n) is 19.4. The molecule has 0 amide bonds. The van der Waals surface area contributed by atoms with E-state index in [1.54, 1.807) is 0 Å². The minimum Gasteiger partial charge on any atom is -0.383 e. The molecule has 3 unspecified atom stereocenters. The molecule has 2 N–H and O–H groups in total. The summed E-state index contributed by atoms with van der Waals surface area (Å²) < 4.78 is 11.9. The quantitative estimate of drug-likeness (QED) is 0.306. The highest BCUT2D eigenvalue weighted by molar-refractivity contribution is 14.0. The zero-order valence-corrected chi connectivity index (χ0v) is 21.7. The molecule has 0 radical (unpaired) electrons. The molecule has 0 spiro atoms. The summed E-state index contributed by atoms with van der Waals surface area (Å²) in [7, 11) is 0. The summed E-state index contributed by atoms with van der Waals surface area (Å²) in [6.45, 7) is 6.11. The van der Waals surface area contributed by atoms with Crippen LogP contribution in [0.25, 0.3) is 0 Å². The van der Waals surface area contributed by atoms with E-state index in [0.717, 1.165) is 56.2 Å². The van der Waals surface area contributed by atoms with Crippen LogP contribution in [0.5, 0.6) is 0 Å². The van der Waals surface area contributed by atoms with Crippen molar-refractivity contribution in [3.05, 3.63) is 71.8 Å². The lowest BCUT2D eigenvalue weighted by atomic mass is 9.87. The first-order chi connectivity index (χ1) is 15.7. The van der Waals surface area contributed by atoms with E-state index in [4.69, 9.17) is 14.5 Å². The van der Waals surface area contributed by atoms with Crippen molar-refractivity contribution in [1.29, 1.82) is 0 Å². The second-order valence-corrected chi connectivity index (χ2v) is 8.64. The van der Waals surface area contributed by atoms with Crippen molar-refractivity contribution in [2.24, 2.45) is 4.99 Å². The lowest BCUT2D eigenvalue weighted by Crippen LogP contribution is -2.53. The number of nitrogens with one attached hydrogen (secondary N) is 1. The number of hydrogen-bond donors (Lipinski definition) is 2. The van der Waals surface area contributed by atoms with Crippen LogP contribution in [0.1, 0.15) is 30.9 Å². The van der Waals surface area contributed by atoms with Crippen LogP contribution in [-0.2, 0) is 21.5 Å². The van der Waals surface area contributed by atoms with E-state index in [9.17, 15) is 5.11 Å². The molecule has 0 aliphatic carbocycles. The zero-order chi connectivity index (χ0) is 22.2. The van der Waals surface area contributed by atoms with Crippen molar-refractivity contribution in [1.82, 2.24) is 10.2 Å². The Kier molecular flexibility index (Phi) is 9.97. The molecule has 2 aliphatic rings. The van der Waals surface area contributed by atoms with Gasteiger partial charge in [0.05, 0.1) is 19.3 Å². The van der Waals surface area contributed by atoms with Gasteiger partial charge in [-0.25, -0.2) is 4.99 Å². The molecular weight excluding hydrogens is 529 g/mol. The van der Waals surface area contributed by atoms with Crippen molar-refractivity contribution >= 4 is 29.9 Å². The number of morpholine rings is 1. The molecule has 0 aromatic heterocycles. The molecule has 0 bridgehead atoms. The minimum absolute atomic E-state index is 0. The number of guanidine groups is 1. The smallest absolute Gasteiger partial charge is 0.194 e. The van der Waals surface area contributed by atoms with Gasteiger partial charge in [-0.2, -0.15) is 0 Å². The summed E-state index contributed by atoms with van der Waals surface area (Å²) in [6, 6.07) is 20.0. The van der Waals surface area contributed by atoms with Crippen molar-refractivity contribution in [3.8, 4) is 0 Å². The Bertz CT molecular complexity index is 862. The molecule has 4 rings (SSSR count). The standard InChI is InChI=1S/C26H35N3O3.HI/c1-2-27-25(29-15-17-32-24(19-29)23-14-9-16-31-23)28-20-26(30,22-12-7-4-8-13-22)18-21-10-5-3-6-11-21;/h3-8,10-13,23-24,30H,2,9,14-20H2,1H3,(H,27,28);1H. The number of aliphatic hydroxyl groups is 1. The Morgan fingerprint density at radius 1 is 1.06 bits per heavy atom. The number of benzene rings is 2. The van der Waals surface area contributed by atoms with Gasteiger partial charge in [-0.3, -0.25) is 0 Å². The van der Waals surface area contributed by atoms with Gasteiger partial charge in [-0.15, -0.1) is 24.0 Å².